The highest BCUT2D eigenvalue weighted by molar-refractivity contribution is 5.46. The topological polar surface area (TPSA) is 46.2 Å². The van der Waals surface area contributed by atoms with E-state index >= 15 is 0 Å². The van der Waals surface area contributed by atoms with E-state index in [-0.39, 0.29) is 6.79 Å². The standard InChI is InChI=1S/C15H22O5/c1-2-3-6-16-7-8-17-9-10-18-13-4-5-14-15(11-13)20-12-19-14/h4-5,11H,2-3,6-10,12H2,1H3. The predicted molar refractivity (Wildman–Crippen MR) is 74.6 cm³/mol. The van der Waals surface area contributed by atoms with Crippen molar-refractivity contribution in [1.29, 1.82) is 0 Å². The van der Waals surface area contributed by atoms with Gasteiger partial charge in [0.05, 0.1) is 19.8 Å². The van der Waals surface area contributed by atoms with Gasteiger partial charge in [0, 0.05) is 12.7 Å². The lowest BCUT2D eigenvalue weighted by molar-refractivity contribution is 0.0355. The van der Waals surface area contributed by atoms with Crippen LogP contribution in [0.4, 0.5) is 0 Å². The fraction of sp³-hybridized carbons (Fsp3) is 0.600. The molecular formula is C15H22O5. The highest BCUT2D eigenvalue weighted by Crippen LogP contribution is 2.34. The van der Waals surface area contributed by atoms with Gasteiger partial charge in [-0.15, -0.1) is 0 Å². The zero-order valence-electron chi connectivity index (χ0n) is 11.9. The normalized spacial score (nSPS) is 12.7. The Morgan fingerprint density at radius 2 is 1.70 bits per heavy atom. The number of hydrogen-bond donors (Lipinski definition) is 0. The minimum absolute atomic E-state index is 0.278. The van der Waals surface area contributed by atoms with Crippen LogP contribution < -0.4 is 14.2 Å². The molecule has 0 N–H and O–H groups in total. The molecule has 0 fully saturated rings. The van der Waals surface area contributed by atoms with Crippen LogP contribution in [0.3, 0.4) is 0 Å². The Kier molecular flexibility index (Phi) is 6.47. The molecule has 0 saturated carbocycles. The second kappa shape index (κ2) is 8.66. The number of unbranched alkanes of at least 4 members (excludes halogenated alkanes) is 1. The second-order valence-corrected chi connectivity index (χ2v) is 4.44. The molecule has 0 aliphatic carbocycles. The molecule has 20 heavy (non-hydrogen) atoms. The Hall–Kier alpha value is -1.46. The maximum atomic E-state index is 5.58. The van der Waals surface area contributed by atoms with E-state index in [4.69, 9.17) is 23.7 Å². The second-order valence-electron chi connectivity index (χ2n) is 4.44. The Bertz CT molecular complexity index is 394. The summed E-state index contributed by atoms with van der Waals surface area (Å²) in [7, 11) is 0. The average Bonchev–Trinajstić information content (AvgIpc) is 2.93. The molecule has 5 heteroatoms. The van der Waals surface area contributed by atoms with E-state index in [1.165, 1.54) is 0 Å². The maximum Gasteiger partial charge on any atom is 0.231 e. The van der Waals surface area contributed by atoms with Crippen LogP contribution in [0.15, 0.2) is 18.2 Å². The molecule has 112 valence electrons. The van der Waals surface area contributed by atoms with Gasteiger partial charge in [0.2, 0.25) is 6.79 Å². The van der Waals surface area contributed by atoms with Gasteiger partial charge in [-0.1, -0.05) is 13.3 Å². The summed E-state index contributed by atoms with van der Waals surface area (Å²) >= 11 is 0. The van der Waals surface area contributed by atoms with Gasteiger partial charge in [0.15, 0.2) is 11.5 Å². The monoisotopic (exact) mass is 282 g/mol. The largest absolute Gasteiger partial charge is 0.491 e. The number of benzene rings is 1. The third-order valence-electron chi connectivity index (χ3n) is 2.85. The minimum Gasteiger partial charge on any atom is -0.491 e. The third kappa shape index (κ3) is 4.90. The summed E-state index contributed by atoms with van der Waals surface area (Å²) in [5.41, 5.74) is 0. The van der Waals surface area contributed by atoms with Gasteiger partial charge in [0.25, 0.3) is 0 Å². The van der Waals surface area contributed by atoms with E-state index in [1.54, 1.807) is 0 Å². The Labute approximate surface area is 119 Å². The summed E-state index contributed by atoms with van der Waals surface area (Å²) in [6.45, 7) is 5.54. The first-order chi connectivity index (χ1) is 9.90. The maximum absolute atomic E-state index is 5.58. The molecule has 5 nitrogen and oxygen atoms in total. The predicted octanol–water partition coefficient (Wildman–Crippen LogP) is 2.63. The summed E-state index contributed by atoms with van der Waals surface area (Å²) in [6.07, 6.45) is 2.26. The van der Waals surface area contributed by atoms with E-state index in [1.807, 2.05) is 18.2 Å². The molecule has 0 bridgehead atoms. The zero-order valence-corrected chi connectivity index (χ0v) is 11.9. The summed E-state index contributed by atoms with van der Waals surface area (Å²) in [5, 5.41) is 0. The average molecular weight is 282 g/mol. The van der Waals surface area contributed by atoms with Crippen molar-refractivity contribution in [3.05, 3.63) is 18.2 Å². The summed E-state index contributed by atoms with van der Waals surface area (Å²) in [6, 6.07) is 5.54. The number of ether oxygens (including phenoxy) is 5. The van der Waals surface area contributed by atoms with Crippen LogP contribution >= 0.6 is 0 Å². The van der Waals surface area contributed by atoms with E-state index in [0.717, 1.165) is 36.7 Å². The molecule has 2 rings (SSSR count). The van der Waals surface area contributed by atoms with E-state index in [2.05, 4.69) is 6.92 Å². The Balaban J connectivity index is 1.51. The van der Waals surface area contributed by atoms with Gasteiger partial charge in [-0.3, -0.25) is 0 Å². The van der Waals surface area contributed by atoms with Crippen molar-refractivity contribution in [3.63, 3.8) is 0 Å². The Morgan fingerprint density at radius 3 is 2.55 bits per heavy atom. The molecule has 0 spiro atoms. The van der Waals surface area contributed by atoms with Crippen molar-refractivity contribution in [2.24, 2.45) is 0 Å². The van der Waals surface area contributed by atoms with Crippen LogP contribution in [0, 0.1) is 0 Å². The highest BCUT2D eigenvalue weighted by Gasteiger charge is 2.13. The van der Waals surface area contributed by atoms with Crippen molar-refractivity contribution in [1.82, 2.24) is 0 Å². The lowest BCUT2D eigenvalue weighted by Gasteiger charge is -2.08. The number of rotatable bonds is 10. The molecule has 0 saturated heterocycles. The molecule has 1 heterocycles. The van der Waals surface area contributed by atoms with Crippen LogP contribution in [-0.2, 0) is 9.47 Å². The number of fused-ring (bicyclic) bond motifs is 1. The fourth-order valence-corrected chi connectivity index (χ4v) is 1.75. The van der Waals surface area contributed by atoms with Gasteiger partial charge < -0.3 is 23.7 Å². The first-order valence-corrected chi connectivity index (χ1v) is 7.08. The molecular weight excluding hydrogens is 260 g/mol. The molecule has 0 atom stereocenters. The van der Waals surface area contributed by atoms with Gasteiger partial charge in [-0.05, 0) is 18.6 Å². The molecule has 0 amide bonds. The van der Waals surface area contributed by atoms with Crippen LogP contribution in [0.2, 0.25) is 0 Å². The Morgan fingerprint density at radius 1 is 0.950 bits per heavy atom. The molecule has 0 radical (unpaired) electrons. The van der Waals surface area contributed by atoms with Crippen LogP contribution in [0.25, 0.3) is 0 Å². The van der Waals surface area contributed by atoms with E-state index in [0.29, 0.717) is 26.4 Å². The first-order valence-electron chi connectivity index (χ1n) is 7.08. The van der Waals surface area contributed by atoms with Crippen molar-refractivity contribution in [2.75, 3.05) is 39.8 Å². The van der Waals surface area contributed by atoms with Crippen LogP contribution in [0.1, 0.15) is 19.8 Å². The van der Waals surface area contributed by atoms with Gasteiger partial charge in [-0.25, -0.2) is 0 Å². The van der Waals surface area contributed by atoms with E-state index in [9.17, 15) is 0 Å². The minimum atomic E-state index is 0.278. The zero-order chi connectivity index (χ0) is 14.0. The smallest absolute Gasteiger partial charge is 0.231 e. The molecule has 1 aromatic carbocycles. The van der Waals surface area contributed by atoms with Crippen molar-refractivity contribution >= 4 is 0 Å². The van der Waals surface area contributed by atoms with Crippen molar-refractivity contribution < 1.29 is 23.7 Å². The molecule has 0 aromatic heterocycles. The first kappa shape index (κ1) is 14.9. The summed E-state index contributed by atoms with van der Waals surface area (Å²) in [5.74, 6) is 2.25. The SMILES string of the molecule is CCCCOCCOCCOc1ccc2c(c1)OCO2. The molecule has 1 aliphatic heterocycles. The summed E-state index contributed by atoms with van der Waals surface area (Å²) in [4.78, 5) is 0. The molecule has 0 unspecified atom stereocenters. The lowest BCUT2D eigenvalue weighted by atomic mass is 10.3. The summed E-state index contributed by atoms with van der Waals surface area (Å²) < 4.78 is 26.9. The van der Waals surface area contributed by atoms with E-state index < -0.39 is 0 Å². The van der Waals surface area contributed by atoms with Crippen molar-refractivity contribution in [2.45, 2.75) is 19.8 Å². The molecule has 1 aliphatic rings. The lowest BCUT2D eigenvalue weighted by Crippen LogP contribution is -2.11. The number of hydrogen-bond acceptors (Lipinski definition) is 5. The van der Waals surface area contributed by atoms with Gasteiger partial charge in [-0.2, -0.15) is 0 Å². The third-order valence-corrected chi connectivity index (χ3v) is 2.85. The van der Waals surface area contributed by atoms with Crippen LogP contribution in [-0.4, -0.2) is 39.8 Å². The van der Waals surface area contributed by atoms with Gasteiger partial charge >= 0.3 is 0 Å². The van der Waals surface area contributed by atoms with Gasteiger partial charge in [0.1, 0.15) is 12.4 Å². The quantitative estimate of drug-likeness (QED) is 0.617. The highest BCUT2D eigenvalue weighted by atomic mass is 16.7. The fourth-order valence-electron chi connectivity index (χ4n) is 1.75. The molecule has 1 aromatic rings. The van der Waals surface area contributed by atoms with Crippen molar-refractivity contribution in [3.8, 4) is 17.2 Å². The van der Waals surface area contributed by atoms with Crippen LogP contribution in [0.5, 0.6) is 17.2 Å².